The maximum Gasteiger partial charge on any atom is 0.409 e. The highest BCUT2D eigenvalue weighted by atomic mass is 79.9. The van der Waals surface area contributed by atoms with Gasteiger partial charge in [0.2, 0.25) is 5.91 Å². The second kappa shape index (κ2) is 8.75. The monoisotopic (exact) mass is 371 g/mol. The van der Waals surface area contributed by atoms with Crippen LogP contribution < -0.4 is 5.32 Å². The molecule has 1 rings (SSSR count). The Hall–Kier alpha value is -1.60. The number of hydrogen-bond donors (Lipinski definition) is 1. The molecule has 122 valence electrons. The molecule has 0 unspecified atom stereocenters. The second-order valence-corrected chi connectivity index (χ2v) is 6.17. The highest BCUT2D eigenvalue weighted by Crippen LogP contribution is 2.19. The van der Waals surface area contributed by atoms with Crippen LogP contribution in [0.4, 0.5) is 10.5 Å². The van der Waals surface area contributed by atoms with Gasteiger partial charge in [0.15, 0.2) is 0 Å². The van der Waals surface area contributed by atoms with Gasteiger partial charge in [-0.1, -0.05) is 15.9 Å². The van der Waals surface area contributed by atoms with Crippen LogP contribution in [0.2, 0.25) is 0 Å². The van der Waals surface area contributed by atoms with Gasteiger partial charge in [0.25, 0.3) is 0 Å². The van der Waals surface area contributed by atoms with Crippen LogP contribution in [0.5, 0.6) is 0 Å². The SMILES string of the molecule is Cc1cc(Br)ccc1NC(=O)CN(C)CCOC(=O)N(C)C. The first-order chi connectivity index (χ1) is 10.3. The molecule has 0 aliphatic rings. The molecule has 0 radical (unpaired) electrons. The number of hydrogen-bond acceptors (Lipinski definition) is 4. The number of nitrogens with zero attached hydrogens (tertiary/aromatic N) is 2. The molecule has 0 aromatic heterocycles. The number of carbonyl (C=O) groups excluding carboxylic acids is 2. The summed E-state index contributed by atoms with van der Waals surface area (Å²) in [6.07, 6.45) is -0.386. The number of likely N-dealkylation sites (N-methyl/N-ethyl adjacent to an activating group) is 1. The van der Waals surface area contributed by atoms with Crippen LogP contribution in [-0.4, -0.2) is 62.6 Å². The van der Waals surface area contributed by atoms with E-state index in [9.17, 15) is 9.59 Å². The van der Waals surface area contributed by atoms with Crippen LogP contribution in [0, 0.1) is 6.92 Å². The first-order valence-electron chi connectivity index (χ1n) is 6.88. The van der Waals surface area contributed by atoms with Crippen molar-refractivity contribution in [3.05, 3.63) is 28.2 Å². The number of nitrogens with one attached hydrogen (secondary N) is 1. The standard InChI is InChI=1S/C15H22BrN3O3/c1-11-9-12(16)5-6-13(11)17-14(20)10-19(4)7-8-22-15(21)18(2)3/h5-6,9H,7-8,10H2,1-4H3,(H,17,20). The average molecular weight is 372 g/mol. The number of ether oxygens (including phenoxy) is 1. The van der Waals surface area contributed by atoms with Crippen molar-refractivity contribution in [2.75, 3.05) is 46.2 Å². The Bertz CT molecular complexity index is 535. The predicted molar refractivity (Wildman–Crippen MR) is 90.0 cm³/mol. The highest BCUT2D eigenvalue weighted by Gasteiger charge is 2.10. The lowest BCUT2D eigenvalue weighted by Gasteiger charge is -2.18. The van der Waals surface area contributed by atoms with Gasteiger partial charge in [0.05, 0.1) is 6.54 Å². The van der Waals surface area contributed by atoms with Crippen molar-refractivity contribution < 1.29 is 14.3 Å². The van der Waals surface area contributed by atoms with E-state index in [-0.39, 0.29) is 25.2 Å². The van der Waals surface area contributed by atoms with Gasteiger partial charge in [-0.05, 0) is 37.7 Å². The van der Waals surface area contributed by atoms with Crippen molar-refractivity contribution in [1.29, 1.82) is 0 Å². The molecule has 0 atom stereocenters. The van der Waals surface area contributed by atoms with Crippen molar-refractivity contribution in [1.82, 2.24) is 9.80 Å². The van der Waals surface area contributed by atoms with E-state index in [0.717, 1.165) is 15.7 Å². The van der Waals surface area contributed by atoms with Crippen LogP contribution in [0.3, 0.4) is 0 Å². The Morgan fingerprint density at radius 1 is 1.27 bits per heavy atom. The van der Waals surface area contributed by atoms with E-state index < -0.39 is 0 Å². The molecule has 1 N–H and O–H groups in total. The van der Waals surface area contributed by atoms with Crippen LogP contribution in [-0.2, 0) is 9.53 Å². The lowest BCUT2D eigenvalue weighted by molar-refractivity contribution is -0.117. The molecule has 0 bridgehead atoms. The fourth-order valence-corrected chi connectivity index (χ4v) is 2.17. The summed E-state index contributed by atoms with van der Waals surface area (Å²) in [6.45, 7) is 2.91. The van der Waals surface area contributed by atoms with Crippen molar-refractivity contribution >= 4 is 33.6 Å². The molecule has 0 aliphatic carbocycles. The normalized spacial score (nSPS) is 10.5. The molecule has 1 aromatic rings. The molecule has 0 spiro atoms. The molecule has 6 nitrogen and oxygen atoms in total. The smallest absolute Gasteiger partial charge is 0.409 e. The number of amides is 2. The second-order valence-electron chi connectivity index (χ2n) is 5.25. The largest absolute Gasteiger partial charge is 0.448 e. The third kappa shape index (κ3) is 6.44. The first kappa shape index (κ1) is 18.4. The summed E-state index contributed by atoms with van der Waals surface area (Å²) in [7, 11) is 5.05. The minimum Gasteiger partial charge on any atom is -0.448 e. The van der Waals surface area contributed by atoms with Gasteiger partial charge in [-0.15, -0.1) is 0 Å². The summed E-state index contributed by atoms with van der Waals surface area (Å²) in [5.74, 6) is -0.105. The van der Waals surface area contributed by atoms with E-state index in [2.05, 4.69) is 21.2 Å². The Labute approximate surface area is 139 Å². The van der Waals surface area contributed by atoms with Crippen LogP contribution in [0.1, 0.15) is 5.56 Å². The molecule has 0 aliphatic heterocycles. The summed E-state index contributed by atoms with van der Waals surface area (Å²) in [6, 6.07) is 5.68. The zero-order valence-electron chi connectivity index (χ0n) is 13.4. The lowest BCUT2D eigenvalue weighted by Crippen LogP contribution is -2.34. The first-order valence-corrected chi connectivity index (χ1v) is 7.67. The summed E-state index contributed by atoms with van der Waals surface area (Å²) >= 11 is 3.39. The molecule has 7 heteroatoms. The minimum atomic E-state index is -0.386. The van der Waals surface area contributed by atoms with Gasteiger partial charge in [-0.2, -0.15) is 0 Å². The van der Waals surface area contributed by atoms with Crippen LogP contribution >= 0.6 is 15.9 Å². The van der Waals surface area contributed by atoms with Crippen LogP contribution in [0.15, 0.2) is 22.7 Å². The quantitative estimate of drug-likeness (QED) is 0.833. The van der Waals surface area contributed by atoms with Crippen LogP contribution in [0.25, 0.3) is 0 Å². The lowest BCUT2D eigenvalue weighted by atomic mass is 10.2. The van der Waals surface area contributed by atoms with Gasteiger partial charge in [-0.25, -0.2) is 4.79 Å². The number of rotatable bonds is 6. The summed E-state index contributed by atoms with van der Waals surface area (Å²) in [5, 5.41) is 2.87. The molecule has 2 amide bonds. The highest BCUT2D eigenvalue weighted by molar-refractivity contribution is 9.10. The number of aryl methyl sites for hydroxylation is 1. The van der Waals surface area contributed by atoms with Crippen molar-refractivity contribution in [3.8, 4) is 0 Å². The molecular formula is C15H22BrN3O3. The number of halogens is 1. The zero-order valence-corrected chi connectivity index (χ0v) is 14.9. The maximum absolute atomic E-state index is 12.0. The van der Waals surface area contributed by atoms with E-state index >= 15 is 0 Å². The molecule has 22 heavy (non-hydrogen) atoms. The summed E-state index contributed by atoms with van der Waals surface area (Å²) in [4.78, 5) is 26.4. The van der Waals surface area contributed by atoms with E-state index in [4.69, 9.17) is 4.74 Å². The van der Waals surface area contributed by atoms with Gasteiger partial charge >= 0.3 is 6.09 Å². The Balaban J connectivity index is 2.36. The Kier molecular flexibility index (Phi) is 7.34. The number of carbonyl (C=O) groups is 2. The van der Waals surface area contributed by atoms with Gasteiger partial charge in [0, 0.05) is 30.8 Å². The molecule has 1 aromatic carbocycles. The van der Waals surface area contributed by atoms with E-state index in [1.807, 2.05) is 25.1 Å². The minimum absolute atomic E-state index is 0.105. The van der Waals surface area contributed by atoms with Gasteiger partial charge in [0.1, 0.15) is 6.61 Å². The Morgan fingerprint density at radius 3 is 2.55 bits per heavy atom. The molecule has 0 heterocycles. The molecule has 0 fully saturated rings. The third-order valence-electron chi connectivity index (χ3n) is 2.94. The zero-order chi connectivity index (χ0) is 16.7. The number of benzene rings is 1. The van der Waals surface area contributed by atoms with E-state index in [1.54, 1.807) is 26.0 Å². The van der Waals surface area contributed by atoms with E-state index in [1.165, 1.54) is 4.90 Å². The maximum atomic E-state index is 12.0. The van der Waals surface area contributed by atoms with Gasteiger partial charge < -0.3 is 15.0 Å². The molecule has 0 saturated heterocycles. The molecule has 0 saturated carbocycles. The fourth-order valence-electron chi connectivity index (χ4n) is 1.70. The third-order valence-corrected chi connectivity index (χ3v) is 3.43. The summed E-state index contributed by atoms with van der Waals surface area (Å²) in [5.41, 5.74) is 1.78. The number of anilines is 1. The topological polar surface area (TPSA) is 61.9 Å². The Morgan fingerprint density at radius 2 is 1.95 bits per heavy atom. The van der Waals surface area contributed by atoms with E-state index in [0.29, 0.717) is 6.54 Å². The summed E-state index contributed by atoms with van der Waals surface area (Å²) < 4.78 is 5.99. The predicted octanol–water partition coefficient (Wildman–Crippen LogP) is 2.33. The van der Waals surface area contributed by atoms with Crippen molar-refractivity contribution in [3.63, 3.8) is 0 Å². The average Bonchev–Trinajstić information content (AvgIpc) is 2.41. The fraction of sp³-hybridized carbons (Fsp3) is 0.467. The molecular weight excluding hydrogens is 350 g/mol. The van der Waals surface area contributed by atoms with Gasteiger partial charge in [-0.3, -0.25) is 9.69 Å². The van der Waals surface area contributed by atoms with Crippen molar-refractivity contribution in [2.24, 2.45) is 0 Å². The van der Waals surface area contributed by atoms with Crippen molar-refractivity contribution in [2.45, 2.75) is 6.92 Å².